The molecule has 0 fully saturated rings. The molecule has 0 aliphatic carbocycles. The van der Waals surface area contributed by atoms with Gasteiger partial charge < -0.3 is 10.6 Å². The minimum Gasteiger partial charge on any atom is -0.326 e. The normalized spacial score (nSPS) is 10.8. The highest BCUT2D eigenvalue weighted by molar-refractivity contribution is 8.76. The molecule has 0 aliphatic rings. The molecular weight excluding hydrogens is 460 g/mol. The predicted octanol–water partition coefficient (Wildman–Crippen LogP) is 9.08. The van der Waals surface area contributed by atoms with Crippen LogP contribution in [0.4, 0.5) is 11.4 Å². The zero-order chi connectivity index (χ0) is 24.4. The van der Waals surface area contributed by atoms with Crippen molar-refractivity contribution in [1.29, 1.82) is 0 Å². The first-order valence-corrected chi connectivity index (χ1v) is 14.9. The highest BCUT2D eigenvalue weighted by Crippen LogP contribution is 2.38. The van der Waals surface area contributed by atoms with E-state index in [4.69, 9.17) is 0 Å². The molecule has 2 aromatic carbocycles. The molecule has 2 amide bonds. The van der Waals surface area contributed by atoms with Gasteiger partial charge >= 0.3 is 0 Å². The Morgan fingerprint density at radius 2 is 0.912 bits per heavy atom. The lowest BCUT2D eigenvalue weighted by Gasteiger charge is -2.08. The van der Waals surface area contributed by atoms with Crippen LogP contribution in [0.5, 0.6) is 0 Å². The maximum absolute atomic E-state index is 12.1. The van der Waals surface area contributed by atoms with Crippen LogP contribution in [0.3, 0.4) is 0 Å². The zero-order valence-corrected chi connectivity index (χ0v) is 22.4. The average Bonchev–Trinajstić information content (AvgIpc) is 2.84. The molecule has 0 saturated heterocycles. The maximum atomic E-state index is 12.1. The van der Waals surface area contributed by atoms with Crippen molar-refractivity contribution in [3.8, 4) is 0 Å². The number of benzene rings is 2. The molecule has 0 radical (unpaired) electrons. The second-order valence-corrected chi connectivity index (χ2v) is 10.9. The van der Waals surface area contributed by atoms with Crippen molar-refractivity contribution in [2.24, 2.45) is 0 Å². The predicted molar refractivity (Wildman–Crippen MR) is 149 cm³/mol. The van der Waals surface area contributed by atoms with E-state index < -0.39 is 0 Å². The van der Waals surface area contributed by atoms with Gasteiger partial charge in [-0.05, 0) is 61.4 Å². The first-order chi connectivity index (χ1) is 16.6. The molecule has 6 heteroatoms. The molecule has 0 aromatic heterocycles. The second kappa shape index (κ2) is 17.5. The van der Waals surface area contributed by atoms with Gasteiger partial charge in [-0.2, -0.15) is 0 Å². The van der Waals surface area contributed by atoms with Crippen LogP contribution in [-0.2, 0) is 9.59 Å². The lowest BCUT2D eigenvalue weighted by atomic mass is 10.1. The number of nitrogens with one attached hydrogen (secondary N) is 2. The van der Waals surface area contributed by atoms with Gasteiger partial charge in [0, 0.05) is 34.0 Å². The van der Waals surface area contributed by atoms with Gasteiger partial charge in [-0.25, -0.2) is 0 Å². The van der Waals surface area contributed by atoms with E-state index in [0.717, 1.165) is 46.8 Å². The van der Waals surface area contributed by atoms with E-state index in [2.05, 4.69) is 24.5 Å². The molecule has 186 valence electrons. The summed E-state index contributed by atoms with van der Waals surface area (Å²) >= 11 is 0. The van der Waals surface area contributed by atoms with Crippen molar-refractivity contribution in [1.82, 2.24) is 0 Å². The Bertz CT molecular complexity index is 767. The molecule has 0 unspecified atom stereocenters. The lowest BCUT2D eigenvalue weighted by molar-refractivity contribution is -0.117. The summed E-state index contributed by atoms with van der Waals surface area (Å²) in [6.45, 7) is 4.39. The zero-order valence-electron chi connectivity index (χ0n) is 20.7. The molecule has 2 aromatic rings. The summed E-state index contributed by atoms with van der Waals surface area (Å²) in [5.74, 6) is 0.185. The van der Waals surface area contributed by atoms with Crippen LogP contribution in [0.15, 0.2) is 58.3 Å². The lowest BCUT2D eigenvalue weighted by Crippen LogP contribution is -2.10. The molecular formula is C28H40N2O2S2. The van der Waals surface area contributed by atoms with Gasteiger partial charge in [0.15, 0.2) is 0 Å². The molecule has 0 heterocycles. The number of carbonyl (C=O) groups is 2. The van der Waals surface area contributed by atoms with Crippen molar-refractivity contribution < 1.29 is 9.59 Å². The molecule has 0 saturated carbocycles. The Kier molecular flexibility index (Phi) is 14.6. The highest BCUT2D eigenvalue weighted by atomic mass is 33.1. The molecule has 0 aliphatic heterocycles. The number of hydrogen-bond donors (Lipinski definition) is 2. The summed E-state index contributed by atoms with van der Waals surface area (Å²) in [6.07, 6.45) is 12.7. The van der Waals surface area contributed by atoms with Gasteiger partial charge in [0.2, 0.25) is 11.8 Å². The monoisotopic (exact) mass is 500 g/mol. The quantitative estimate of drug-likeness (QED) is 0.168. The van der Waals surface area contributed by atoms with Gasteiger partial charge in [0.25, 0.3) is 0 Å². The minimum absolute atomic E-state index is 0.0925. The summed E-state index contributed by atoms with van der Waals surface area (Å²) in [5, 5.41) is 5.98. The number of amides is 2. The third-order valence-corrected chi connectivity index (χ3v) is 7.94. The molecule has 4 nitrogen and oxygen atoms in total. The second-order valence-electron chi connectivity index (χ2n) is 8.64. The van der Waals surface area contributed by atoms with Crippen LogP contribution < -0.4 is 10.6 Å². The van der Waals surface area contributed by atoms with Crippen molar-refractivity contribution >= 4 is 44.8 Å². The minimum atomic E-state index is 0.0925. The first-order valence-electron chi connectivity index (χ1n) is 12.7. The van der Waals surface area contributed by atoms with Crippen LogP contribution in [0.2, 0.25) is 0 Å². The summed E-state index contributed by atoms with van der Waals surface area (Å²) < 4.78 is 0. The van der Waals surface area contributed by atoms with Crippen molar-refractivity contribution in [3.05, 3.63) is 48.5 Å². The first kappa shape index (κ1) is 28.3. The average molecular weight is 501 g/mol. The standard InChI is InChI=1S/C28H40N2O2S2/c1-3-5-7-9-11-13-27(31)29-23-15-19-25(20-16-23)33-34-26-21-17-24(18-22-26)30-28(32)14-12-10-8-6-4-2/h15-22H,3-14H2,1-2H3,(H,29,31)(H,30,32). The van der Waals surface area contributed by atoms with Gasteiger partial charge in [-0.3, -0.25) is 9.59 Å². The SMILES string of the molecule is CCCCCCCC(=O)Nc1ccc(SSc2ccc(NC(=O)CCCCCCC)cc2)cc1. The van der Waals surface area contributed by atoms with Crippen molar-refractivity contribution in [3.63, 3.8) is 0 Å². The third-order valence-electron chi connectivity index (χ3n) is 5.53. The van der Waals surface area contributed by atoms with Crippen molar-refractivity contribution in [2.45, 2.75) is 101 Å². The van der Waals surface area contributed by atoms with Gasteiger partial charge in [0.05, 0.1) is 0 Å². The Balaban J connectivity index is 1.67. The maximum Gasteiger partial charge on any atom is 0.224 e. The fourth-order valence-electron chi connectivity index (χ4n) is 3.51. The van der Waals surface area contributed by atoms with Gasteiger partial charge in [0.1, 0.15) is 0 Å². The molecule has 34 heavy (non-hydrogen) atoms. The van der Waals surface area contributed by atoms with Gasteiger partial charge in [-0.15, -0.1) is 0 Å². The molecule has 0 atom stereocenters. The summed E-state index contributed by atoms with van der Waals surface area (Å²) in [4.78, 5) is 26.4. The Morgan fingerprint density at radius 1 is 0.559 bits per heavy atom. The van der Waals surface area contributed by atoms with Crippen LogP contribution >= 0.6 is 21.6 Å². The van der Waals surface area contributed by atoms with E-state index >= 15 is 0 Å². The smallest absolute Gasteiger partial charge is 0.224 e. The summed E-state index contributed by atoms with van der Waals surface area (Å²) in [7, 11) is 3.35. The molecule has 0 bridgehead atoms. The van der Waals surface area contributed by atoms with Crippen LogP contribution in [0, 0.1) is 0 Å². The molecule has 2 N–H and O–H groups in total. The Hall–Kier alpha value is -1.92. The fourth-order valence-corrected chi connectivity index (χ4v) is 5.44. The third kappa shape index (κ3) is 12.5. The Morgan fingerprint density at radius 3 is 1.26 bits per heavy atom. The highest BCUT2D eigenvalue weighted by Gasteiger charge is 2.05. The van der Waals surface area contributed by atoms with E-state index in [-0.39, 0.29) is 11.8 Å². The van der Waals surface area contributed by atoms with E-state index in [9.17, 15) is 9.59 Å². The van der Waals surface area contributed by atoms with E-state index in [1.54, 1.807) is 21.6 Å². The molecule has 0 spiro atoms. The van der Waals surface area contributed by atoms with E-state index in [1.165, 1.54) is 38.5 Å². The number of carbonyl (C=O) groups excluding carboxylic acids is 2. The van der Waals surface area contributed by atoms with Crippen molar-refractivity contribution in [2.75, 3.05) is 10.6 Å². The summed E-state index contributed by atoms with van der Waals surface area (Å²) in [5.41, 5.74) is 1.69. The largest absolute Gasteiger partial charge is 0.326 e. The van der Waals surface area contributed by atoms with E-state index in [0.29, 0.717) is 12.8 Å². The number of anilines is 2. The summed E-state index contributed by atoms with van der Waals surface area (Å²) in [6, 6.07) is 16.0. The topological polar surface area (TPSA) is 58.2 Å². The van der Waals surface area contributed by atoms with Gasteiger partial charge in [-0.1, -0.05) is 86.8 Å². The number of hydrogen-bond acceptors (Lipinski definition) is 4. The van der Waals surface area contributed by atoms with Crippen LogP contribution in [-0.4, -0.2) is 11.8 Å². The van der Waals surface area contributed by atoms with E-state index in [1.807, 2.05) is 48.5 Å². The molecule has 2 rings (SSSR count). The van der Waals surface area contributed by atoms with Crippen LogP contribution in [0.25, 0.3) is 0 Å². The number of unbranched alkanes of at least 4 members (excludes halogenated alkanes) is 8. The Labute approximate surface area is 213 Å². The van der Waals surface area contributed by atoms with Crippen LogP contribution in [0.1, 0.15) is 90.9 Å². The fraction of sp³-hybridized carbons (Fsp3) is 0.500. The number of rotatable bonds is 17.